The number of nitrogens with zero attached hydrogens (tertiary/aromatic N) is 1. The summed E-state index contributed by atoms with van der Waals surface area (Å²) in [5.74, 6) is 1.08. The molecule has 37 heavy (non-hydrogen) atoms. The number of nitrogens with one attached hydrogen (secondary N) is 1. The van der Waals surface area contributed by atoms with Crippen LogP contribution in [0.1, 0.15) is 34.3 Å². The van der Waals surface area contributed by atoms with Crippen molar-refractivity contribution in [3.63, 3.8) is 0 Å². The lowest BCUT2D eigenvalue weighted by atomic mass is 9.94. The first-order chi connectivity index (χ1) is 17.9. The lowest BCUT2D eigenvalue weighted by molar-refractivity contribution is -0.118. The Labute approximate surface area is 215 Å². The Balaban J connectivity index is 1.33. The summed E-state index contributed by atoms with van der Waals surface area (Å²) in [5.41, 5.74) is 4.45. The third-order valence-corrected chi connectivity index (χ3v) is 7.08. The third kappa shape index (κ3) is 4.90. The van der Waals surface area contributed by atoms with Crippen molar-refractivity contribution < 1.29 is 29.3 Å². The number of hydrogen-bond donors (Lipinski definition) is 3. The molecular weight excluding hydrogens is 472 g/mol. The van der Waals surface area contributed by atoms with Gasteiger partial charge in [0.15, 0.2) is 11.5 Å². The Kier molecular flexibility index (Phi) is 6.86. The number of ether oxygens (including phenoxy) is 2. The molecule has 3 aromatic rings. The maximum atomic E-state index is 13.4. The van der Waals surface area contributed by atoms with Crippen LogP contribution < -0.4 is 14.8 Å². The smallest absolute Gasteiger partial charge is 0.254 e. The van der Waals surface area contributed by atoms with Crippen LogP contribution in [-0.4, -0.2) is 60.0 Å². The highest BCUT2D eigenvalue weighted by Crippen LogP contribution is 2.51. The van der Waals surface area contributed by atoms with E-state index in [9.17, 15) is 19.8 Å². The van der Waals surface area contributed by atoms with Gasteiger partial charge in [-0.2, -0.15) is 0 Å². The molecule has 0 bridgehead atoms. The summed E-state index contributed by atoms with van der Waals surface area (Å²) in [5, 5.41) is 21.5. The van der Waals surface area contributed by atoms with Gasteiger partial charge in [0.25, 0.3) is 5.91 Å². The molecule has 0 aromatic heterocycles. The first-order valence-corrected chi connectivity index (χ1v) is 12.4. The predicted molar refractivity (Wildman–Crippen MR) is 139 cm³/mol. The fourth-order valence-corrected chi connectivity index (χ4v) is 4.76. The summed E-state index contributed by atoms with van der Waals surface area (Å²) in [4.78, 5) is 27.5. The van der Waals surface area contributed by atoms with Crippen molar-refractivity contribution in [1.29, 1.82) is 0 Å². The quantitative estimate of drug-likeness (QED) is 0.414. The van der Waals surface area contributed by atoms with Crippen molar-refractivity contribution in [1.82, 2.24) is 4.90 Å². The van der Waals surface area contributed by atoms with Crippen molar-refractivity contribution in [2.75, 3.05) is 38.4 Å². The third-order valence-electron chi connectivity index (χ3n) is 7.08. The molecule has 8 heteroatoms. The van der Waals surface area contributed by atoms with Gasteiger partial charge in [-0.1, -0.05) is 24.3 Å². The van der Waals surface area contributed by atoms with E-state index in [2.05, 4.69) is 5.32 Å². The fourth-order valence-electron chi connectivity index (χ4n) is 4.76. The zero-order chi connectivity index (χ0) is 26.0. The summed E-state index contributed by atoms with van der Waals surface area (Å²) in [6.45, 7) is 2.18. The molecule has 1 aliphatic carbocycles. The number of carbonyl (C=O) groups is 2. The minimum atomic E-state index is -0.566. The van der Waals surface area contributed by atoms with Gasteiger partial charge in [-0.05, 0) is 78.4 Å². The highest BCUT2D eigenvalue weighted by Gasteiger charge is 2.51. The molecule has 5 rings (SSSR count). The van der Waals surface area contributed by atoms with Crippen molar-refractivity contribution in [3.8, 4) is 22.6 Å². The average Bonchev–Trinajstić information content (AvgIpc) is 3.60. The van der Waals surface area contributed by atoms with Crippen LogP contribution in [-0.2, 0) is 10.2 Å². The summed E-state index contributed by atoms with van der Waals surface area (Å²) < 4.78 is 10.9. The minimum Gasteiger partial charge on any atom is -0.454 e. The van der Waals surface area contributed by atoms with Crippen LogP contribution in [0.3, 0.4) is 0 Å². The highest BCUT2D eigenvalue weighted by molar-refractivity contribution is 6.02. The Hall–Kier alpha value is -3.88. The highest BCUT2D eigenvalue weighted by atomic mass is 16.7. The number of aliphatic hydroxyl groups excluding tert-OH is 2. The predicted octanol–water partition coefficient (Wildman–Crippen LogP) is 3.49. The van der Waals surface area contributed by atoms with E-state index >= 15 is 0 Å². The fraction of sp³-hybridized carbons (Fsp3) is 0.310. The molecule has 1 heterocycles. The van der Waals surface area contributed by atoms with E-state index in [0.717, 1.165) is 35.1 Å². The average molecular weight is 503 g/mol. The zero-order valence-corrected chi connectivity index (χ0v) is 20.7. The van der Waals surface area contributed by atoms with Crippen LogP contribution in [0.25, 0.3) is 11.1 Å². The van der Waals surface area contributed by atoms with Gasteiger partial charge in [0.2, 0.25) is 12.7 Å². The second-order valence-electron chi connectivity index (χ2n) is 9.45. The normalized spacial score (nSPS) is 14.8. The van der Waals surface area contributed by atoms with Gasteiger partial charge in [-0.25, -0.2) is 0 Å². The maximum absolute atomic E-state index is 13.4. The number of amides is 2. The topological polar surface area (TPSA) is 108 Å². The molecule has 0 radical (unpaired) electrons. The second-order valence-corrected chi connectivity index (χ2v) is 9.45. The number of anilines is 1. The first kappa shape index (κ1) is 24.8. The van der Waals surface area contributed by atoms with Gasteiger partial charge in [0, 0.05) is 24.3 Å². The molecule has 1 fully saturated rings. The Morgan fingerprint density at radius 1 is 0.919 bits per heavy atom. The van der Waals surface area contributed by atoms with Gasteiger partial charge < -0.3 is 29.9 Å². The standard InChI is InChI=1S/C29H30N2O6/c1-19-2-8-23(30-28(35)29(10-11-29)22-7-9-25-26(16-22)37-18-36-25)17-24(19)20-3-5-21(6-4-20)27(34)31(12-14-32)13-15-33/h2-9,16-17,32-33H,10-15,18H2,1H3,(H,30,35). The molecule has 1 saturated carbocycles. The van der Waals surface area contributed by atoms with Gasteiger partial charge in [-0.15, -0.1) is 0 Å². The van der Waals surface area contributed by atoms with E-state index < -0.39 is 5.41 Å². The Morgan fingerprint density at radius 3 is 2.30 bits per heavy atom. The molecular formula is C29H30N2O6. The maximum Gasteiger partial charge on any atom is 0.254 e. The van der Waals surface area contributed by atoms with Crippen molar-refractivity contribution in [2.45, 2.75) is 25.2 Å². The molecule has 2 aliphatic rings. The van der Waals surface area contributed by atoms with Crippen LogP contribution in [0.2, 0.25) is 0 Å². The molecule has 3 aromatic carbocycles. The van der Waals surface area contributed by atoms with E-state index in [1.165, 1.54) is 4.90 Å². The van der Waals surface area contributed by atoms with Gasteiger partial charge >= 0.3 is 0 Å². The molecule has 0 saturated heterocycles. The Bertz CT molecular complexity index is 1310. The number of fused-ring (bicyclic) bond motifs is 1. The zero-order valence-electron chi connectivity index (χ0n) is 20.7. The number of rotatable bonds is 9. The van der Waals surface area contributed by atoms with E-state index in [4.69, 9.17) is 9.47 Å². The number of aliphatic hydroxyl groups is 2. The lowest BCUT2D eigenvalue weighted by Crippen LogP contribution is -2.35. The number of aryl methyl sites for hydroxylation is 1. The van der Waals surface area contributed by atoms with Gasteiger partial charge in [0.05, 0.1) is 18.6 Å². The molecule has 2 amide bonds. The molecule has 0 atom stereocenters. The number of carbonyl (C=O) groups excluding carboxylic acids is 2. The monoisotopic (exact) mass is 502 g/mol. The molecule has 8 nitrogen and oxygen atoms in total. The molecule has 192 valence electrons. The Morgan fingerprint density at radius 2 is 1.62 bits per heavy atom. The van der Waals surface area contributed by atoms with Crippen molar-refractivity contribution in [3.05, 3.63) is 77.4 Å². The summed E-state index contributed by atoms with van der Waals surface area (Å²) >= 11 is 0. The van der Waals surface area contributed by atoms with Crippen LogP contribution in [0.5, 0.6) is 11.5 Å². The lowest BCUT2D eigenvalue weighted by Gasteiger charge is -2.21. The summed E-state index contributed by atoms with van der Waals surface area (Å²) in [6.07, 6.45) is 1.55. The van der Waals surface area contributed by atoms with Crippen LogP contribution in [0.4, 0.5) is 5.69 Å². The van der Waals surface area contributed by atoms with E-state index in [-0.39, 0.29) is 44.9 Å². The van der Waals surface area contributed by atoms with Crippen LogP contribution in [0, 0.1) is 6.92 Å². The van der Waals surface area contributed by atoms with Crippen LogP contribution >= 0.6 is 0 Å². The van der Waals surface area contributed by atoms with E-state index in [1.807, 2.05) is 55.5 Å². The molecule has 1 aliphatic heterocycles. The van der Waals surface area contributed by atoms with Crippen molar-refractivity contribution >= 4 is 17.5 Å². The summed E-state index contributed by atoms with van der Waals surface area (Å²) in [7, 11) is 0. The second kappa shape index (κ2) is 10.2. The van der Waals surface area contributed by atoms with Gasteiger partial charge in [-0.3, -0.25) is 9.59 Å². The minimum absolute atomic E-state index is 0.0463. The number of hydrogen-bond acceptors (Lipinski definition) is 6. The van der Waals surface area contributed by atoms with Crippen LogP contribution in [0.15, 0.2) is 60.7 Å². The summed E-state index contributed by atoms with van der Waals surface area (Å²) in [6, 6.07) is 18.7. The number of benzene rings is 3. The van der Waals surface area contributed by atoms with E-state index in [1.54, 1.807) is 12.1 Å². The van der Waals surface area contributed by atoms with E-state index in [0.29, 0.717) is 22.7 Å². The molecule has 0 unspecified atom stereocenters. The SMILES string of the molecule is Cc1ccc(NC(=O)C2(c3ccc4c(c3)OCO4)CC2)cc1-c1ccc(C(=O)N(CCO)CCO)cc1. The van der Waals surface area contributed by atoms with Gasteiger partial charge in [0.1, 0.15) is 0 Å². The van der Waals surface area contributed by atoms with Crippen molar-refractivity contribution in [2.24, 2.45) is 0 Å². The first-order valence-electron chi connectivity index (χ1n) is 12.4. The molecule has 0 spiro atoms. The largest absolute Gasteiger partial charge is 0.454 e. The molecule has 3 N–H and O–H groups in total.